The maximum absolute atomic E-state index is 6.42. The Morgan fingerprint density at radius 1 is 0.971 bits per heavy atom. The lowest BCUT2D eigenvalue weighted by atomic mass is 10.1. The zero-order valence-electron chi connectivity index (χ0n) is 19.6. The number of fused-ring (bicyclic) bond motifs is 2. The van der Waals surface area contributed by atoms with Crippen molar-refractivity contribution in [2.45, 2.75) is 25.5 Å². The van der Waals surface area contributed by atoms with Crippen LogP contribution >= 0.6 is 36.4 Å². The molecule has 34 heavy (non-hydrogen) atoms. The maximum Gasteiger partial charge on any atom is 0.143 e. The summed E-state index contributed by atoms with van der Waals surface area (Å²) in [4.78, 5) is 7.19. The van der Waals surface area contributed by atoms with Gasteiger partial charge in [-0.1, -0.05) is 41.9 Å². The molecule has 2 heterocycles. The summed E-state index contributed by atoms with van der Waals surface area (Å²) in [5, 5.41) is 0.768. The van der Waals surface area contributed by atoms with Gasteiger partial charge in [0.1, 0.15) is 12.4 Å². The van der Waals surface area contributed by atoms with Gasteiger partial charge in [-0.25, -0.2) is 0 Å². The minimum atomic E-state index is 0. The van der Waals surface area contributed by atoms with Gasteiger partial charge in [-0.15, -0.1) is 24.8 Å². The first-order valence-corrected chi connectivity index (χ1v) is 11.7. The van der Waals surface area contributed by atoms with Crippen molar-refractivity contribution in [3.8, 4) is 5.75 Å². The number of hydrogen-bond donors (Lipinski definition) is 0. The van der Waals surface area contributed by atoms with E-state index in [1.165, 1.54) is 22.5 Å². The van der Waals surface area contributed by atoms with E-state index in [0.717, 1.165) is 48.9 Å². The summed E-state index contributed by atoms with van der Waals surface area (Å²) in [5.41, 5.74) is 6.14. The third kappa shape index (κ3) is 5.58. The Balaban J connectivity index is 0.00000162. The fourth-order valence-corrected chi connectivity index (χ4v) is 4.98. The molecule has 0 N–H and O–H groups in total. The molecule has 0 bridgehead atoms. The molecule has 5 rings (SSSR count). The normalized spacial score (nSPS) is 16.9. The monoisotopic (exact) mass is 519 g/mol. The molecular formula is C27H32Cl3N3O. The summed E-state index contributed by atoms with van der Waals surface area (Å²) in [6.45, 7) is 3.79. The maximum atomic E-state index is 6.42. The predicted molar refractivity (Wildman–Crippen MR) is 148 cm³/mol. The molecule has 0 unspecified atom stereocenters. The summed E-state index contributed by atoms with van der Waals surface area (Å²) >= 11 is 6.42. The van der Waals surface area contributed by atoms with Gasteiger partial charge in [0.05, 0.1) is 5.69 Å². The molecule has 182 valence electrons. The number of nitrogens with zero attached hydrogens (tertiary/aromatic N) is 3. The third-order valence-corrected chi connectivity index (χ3v) is 6.83. The molecule has 1 saturated heterocycles. The van der Waals surface area contributed by atoms with E-state index in [9.17, 15) is 0 Å². The van der Waals surface area contributed by atoms with Gasteiger partial charge in [0.15, 0.2) is 0 Å². The highest BCUT2D eigenvalue weighted by Gasteiger charge is 2.32. The molecule has 1 fully saturated rings. The molecule has 2 aliphatic rings. The summed E-state index contributed by atoms with van der Waals surface area (Å²) in [6.07, 6.45) is 2.20. The van der Waals surface area contributed by atoms with Crippen LogP contribution in [-0.2, 0) is 13.0 Å². The molecule has 0 aromatic heterocycles. The van der Waals surface area contributed by atoms with Gasteiger partial charge in [0, 0.05) is 61.7 Å². The summed E-state index contributed by atoms with van der Waals surface area (Å²) < 4.78 is 6.16. The van der Waals surface area contributed by atoms with Crippen LogP contribution in [0.2, 0.25) is 5.02 Å². The molecule has 3 aromatic carbocycles. The fraction of sp³-hybridized carbons (Fsp3) is 0.333. The van der Waals surface area contributed by atoms with Gasteiger partial charge in [0.2, 0.25) is 0 Å². The van der Waals surface area contributed by atoms with Crippen molar-refractivity contribution in [3.63, 3.8) is 0 Å². The number of benzene rings is 3. The van der Waals surface area contributed by atoms with Gasteiger partial charge in [-0.05, 0) is 54.8 Å². The first-order chi connectivity index (χ1) is 15.6. The van der Waals surface area contributed by atoms with Gasteiger partial charge < -0.3 is 19.4 Å². The molecule has 4 nitrogen and oxygen atoms in total. The summed E-state index contributed by atoms with van der Waals surface area (Å²) in [6, 6.07) is 23.8. The van der Waals surface area contributed by atoms with E-state index in [2.05, 4.69) is 83.4 Å². The summed E-state index contributed by atoms with van der Waals surface area (Å²) in [7, 11) is 4.16. The molecule has 3 aromatic rings. The topological polar surface area (TPSA) is 19.0 Å². The lowest BCUT2D eigenvalue weighted by Gasteiger charge is -2.32. The molecule has 0 spiro atoms. The smallest absolute Gasteiger partial charge is 0.143 e. The molecule has 1 atom stereocenters. The van der Waals surface area contributed by atoms with Crippen LogP contribution in [0.15, 0.2) is 66.7 Å². The van der Waals surface area contributed by atoms with Crippen molar-refractivity contribution >= 4 is 53.5 Å². The van der Waals surface area contributed by atoms with Crippen LogP contribution in [0.3, 0.4) is 0 Å². The Hall–Kier alpha value is -2.11. The predicted octanol–water partition coefficient (Wildman–Crippen LogP) is 6.60. The van der Waals surface area contributed by atoms with Crippen molar-refractivity contribution in [2.75, 3.05) is 43.5 Å². The number of ether oxygens (including phenoxy) is 1. The first kappa shape index (κ1) is 26.5. The van der Waals surface area contributed by atoms with Crippen molar-refractivity contribution in [1.29, 1.82) is 0 Å². The van der Waals surface area contributed by atoms with E-state index >= 15 is 0 Å². The zero-order chi connectivity index (χ0) is 22.1. The molecule has 2 aliphatic heterocycles. The van der Waals surface area contributed by atoms with Crippen molar-refractivity contribution in [3.05, 3.63) is 82.9 Å². The summed E-state index contributed by atoms with van der Waals surface area (Å²) in [5.74, 6) is 0.944. The number of likely N-dealkylation sites (tertiary alicyclic amines) is 1. The zero-order valence-corrected chi connectivity index (χ0v) is 22.0. The average molecular weight is 521 g/mol. The second kappa shape index (κ2) is 11.5. The third-order valence-electron chi connectivity index (χ3n) is 6.60. The molecule has 0 amide bonds. The molecule has 0 saturated carbocycles. The fourth-order valence-electron chi connectivity index (χ4n) is 4.81. The Morgan fingerprint density at radius 2 is 1.74 bits per heavy atom. The second-order valence-electron chi connectivity index (χ2n) is 8.95. The largest absolute Gasteiger partial charge is 0.487 e. The average Bonchev–Trinajstić information content (AvgIpc) is 3.20. The second-order valence-corrected chi connectivity index (χ2v) is 9.39. The van der Waals surface area contributed by atoms with E-state index in [1.54, 1.807) is 0 Å². The quantitative estimate of drug-likeness (QED) is 0.377. The minimum Gasteiger partial charge on any atom is -0.487 e. The highest BCUT2D eigenvalue weighted by molar-refractivity contribution is 6.30. The lowest BCUT2D eigenvalue weighted by Crippen LogP contribution is -2.35. The van der Waals surface area contributed by atoms with E-state index in [-0.39, 0.29) is 24.8 Å². The molecular weight excluding hydrogens is 489 g/mol. The van der Waals surface area contributed by atoms with Crippen LogP contribution in [0, 0.1) is 0 Å². The van der Waals surface area contributed by atoms with E-state index in [0.29, 0.717) is 12.6 Å². The van der Waals surface area contributed by atoms with Crippen LogP contribution in [0.1, 0.15) is 17.5 Å². The standard InChI is InChI=1S/C27H30ClN3O.2ClH/c1-29(2)23-11-7-20(8-12-23)13-15-30-16-14-24(18-30)31-25-5-3-4-6-27(25)32-19-21-9-10-22(28)17-26(21)31;;/h3-12,17,24H,13-16,18-19H2,1-2H3;2*1H/t24-;;/m1../s1. The van der Waals surface area contributed by atoms with Crippen molar-refractivity contribution < 1.29 is 4.74 Å². The van der Waals surface area contributed by atoms with Crippen molar-refractivity contribution in [1.82, 2.24) is 4.90 Å². The lowest BCUT2D eigenvalue weighted by molar-refractivity contribution is 0.310. The highest BCUT2D eigenvalue weighted by Crippen LogP contribution is 2.43. The van der Waals surface area contributed by atoms with E-state index < -0.39 is 0 Å². The van der Waals surface area contributed by atoms with E-state index in [4.69, 9.17) is 16.3 Å². The number of rotatable bonds is 5. The van der Waals surface area contributed by atoms with Crippen LogP contribution < -0.4 is 14.5 Å². The number of halogens is 3. The van der Waals surface area contributed by atoms with Gasteiger partial charge in [0.25, 0.3) is 0 Å². The minimum absolute atomic E-state index is 0. The van der Waals surface area contributed by atoms with Gasteiger partial charge in [-0.3, -0.25) is 0 Å². The Morgan fingerprint density at radius 3 is 2.50 bits per heavy atom. The van der Waals surface area contributed by atoms with Crippen LogP contribution in [0.4, 0.5) is 17.1 Å². The van der Waals surface area contributed by atoms with E-state index in [1.807, 2.05) is 12.1 Å². The number of anilines is 3. The first-order valence-electron chi connectivity index (χ1n) is 11.4. The van der Waals surface area contributed by atoms with Crippen molar-refractivity contribution in [2.24, 2.45) is 0 Å². The SMILES string of the molecule is CN(C)c1ccc(CCN2CC[C@@H](N3c4cc(Cl)ccc4COc4ccccc43)C2)cc1.Cl.Cl. The molecule has 7 heteroatoms. The van der Waals surface area contributed by atoms with Gasteiger partial charge >= 0.3 is 0 Å². The molecule has 0 radical (unpaired) electrons. The van der Waals surface area contributed by atoms with Crippen LogP contribution in [0.25, 0.3) is 0 Å². The Bertz CT molecular complexity index is 1090. The van der Waals surface area contributed by atoms with Crippen LogP contribution in [-0.4, -0.2) is 44.7 Å². The molecule has 0 aliphatic carbocycles. The number of hydrogen-bond acceptors (Lipinski definition) is 4. The van der Waals surface area contributed by atoms with Crippen LogP contribution in [0.5, 0.6) is 5.75 Å². The Labute approximate surface area is 220 Å². The Kier molecular flexibility index (Phi) is 9.00. The highest BCUT2D eigenvalue weighted by atomic mass is 35.5. The number of para-hydroxylation sites is 2. The van der Waals surface area contributed by atoms with Gasteiger partial charge in [-0.2, -0.15) is 0 Å².